The predicted octanol–water partition coefficient (Wildman–Crippen LogP) is 0.871. The summed E-state index contributed by atoms with van der Waals surface area (Å²) in [5.41, 5.74) is 2.45. The van der Waals surface area contributed by atoms with Gasteiger partial charge < -0.3 is 0 Å². The second kappa shape index (κ2) is 6.49. The van der Waals surface area contributed by atoms with Crippen molar-refractivity contribution >= 4 is 21.8 Å². The number of amides is 1. The number of unbranched alkanes of at least 4 members (excludes halogenated alkanes) is 2. The van der Waals surface area contributed by atoms with Crippen LogP contribution in [0.5, 0.6) is 0 Å². The summed E-state index contributed by atoms with van der Waals surface area (Å²) in [7, 11) is 0. The van der Waals surface area contributed by atoms with Gasteiger partial charge in [0.1, 0.15) is 0 Å². The zero-order valence-corrected chi connectivity index (χ0v) is 10.2. The number of aromatic nitrogens is 4. The Hall–Kier alpha value is -0.980. The van der Waals surface area contributed by atoms with Gasteiger partial charge in [0, 0.05) is 6.42 Å². The van der Waals surface area contributed by atoms with Crippen molar-refractivity contribution < 1.29 is 4.79 Å². The maximum atomic E-state index is 11.0. The maximum Gasteiger partial charge on any atom is 0.252 e. The van der Waals surface area contributed by atoms with Crippen LogP contribution < -0.4 is 5.43 Å². The summed E-state index contributed by atoms with van der Waals surface area (Å²) in [6, 6.07) is 0. The second-order valence-corrected chi connectivity index (χ2v) is 3.68. The van der Waals surface area contributed by atoms with E-state index in [1.54, 1.807) is 0 Å². The van der Waals surface area contributed by atoms with E-state index >= 15 is 0 Å². The van der Waals surface area contributed by atoms with Gasteiger partial charge in [-0.25, -0.2) is 5.43 Å². The molecule has 84 valence electrons. The molecule has 1 amide bonds. The summed E-state index contributed by atoms with van der Waals surface area (Å²) in [6.45, 7) is 2.14. The SMILES string of the molecule is CCCCCc1nnn(NC(=O)CBr)n1. The molecule has 0 aliphatic heterocycles. The fourth-order valence-electron chi connectivity index (χ4n) is 1.07. The van der Waals surface area contributed by atoms with E-state index < -0.39 is 0 Å². The van der Waals surface area contributed by atoms with Crippen LogP contribution in [0.25, 0.3) is 0 Å². The van der Waals surface area contributed by atoms with Crippen LogP contribution in [0.2, 0.25) is 0 Å². The van der Waals surface area contributed by atoms with E-state index in [1.165, 1.54) is 0 Å². The van der Waals surface area contributed by atoms with E-state index in [0.717, 1.165) is 30.6 Å². The summed E-state index contributed by atoms with van der Waals surface area (Å²) < 4.78 is 0. The fourth-order valence-corrected chi connectivity index (χ4v) is 1.19. The van der Waals surface area contributed by atoms with Crippen LogP contribution in [0.1, 0.15) is 32.0 Å². The highest BCUT2D eigenvalue weighted by atomic mass is 79.9. The predicted molar refractivity (Wildman–Crippen MR) is 59.2 cm³/mol. The molecule has 0 atom stereocenters. The van der Waals surface area contributed by atoms with E-state index in [0.29, 0.717) is 5.82 Å². The minimum Gasteiger partial charge on any atom is -0.272 e. The molecular formula is C8H14BrN5O. The molecule has 0 aliphatic carbocycles. The largest absolute Gasteiger partial charge is 0.272 e. The fraction of sp³-hybridized carbons (Fsp3) is 0.750. The molecule has 0 bridgehead atoms. The molecule has 0 aliphatic rings. The van der Waals surface area contributed by atoms with Gasteiger partial charge in [0.05, 0.1) is 5.33 Å². The van der Waals surface area contributed by atoms with Gasteiger partial charge in [0.25, 0.3) is 5.91 Å². The lowest BCUT2D eigenvalue weighted by atomic mass is 10.2. The topological polar surface area (TPSA) is 72.7 Å². The van der Waals surface area contributed by atoms with Crippen molar-refractivity contribution in [2.24, 2.45) is 0 Å². The first-order chi connectivity index (χ1) is 7.26. The van der Waals surface area contributed by atoms with Crippen LogP contribution in [0, 0.1) is 0 Å². The van der Waals surface area contributed by atoms with E-state index in [2.05, 4.69) is 43.7 Å². The molecule has 0 saturated carbocycles. The minimum atomic E-state index is -0.201. The van der Waals surface area contributed by atoms with Gasteiger partial charge in [-0.2, -0.15) is 0 Å². The number of alkyl halides is 1. The third kappa shape index (κ3) is 4.37. The Bertz CT molecular complexity index is 314. The normalized spacial score (nSPS) is 10.3. The molecule has 0 fully saturated rings. The molecule has 15 heavy (non-hydrogen) atoms. The number of hydrogen-bond donors (Lipinski definition) is 1. The number of halogens is 1. The van der Waals surface area contributed by atoms with Crippen molar-refractivity contribution in [3.8, 4) is 0 Å². The molecule has 1 aromatic rings. The number of carbonyl (C=O) groups is 1. The van der Waals surface area contributed by atoms with Crippen LogP contribution in [-0.2, 0) is 11.2 Å². The van der Waals surface area contributed by atoms with E-state index in [-0.39, 0.29) is 11.2 Å². The number of hydrogen-bond acceptors (Lipinski definition) is 4. The summed E-state index contributed by atoms with van der Waals surface area (Å²) in [5.74, 6) is 0.464. The first kappa shape index (κ1) is 12.1. The number of rotatable bonds is 6. The van der Waals surface area contributed by atoms with Crippen LogP contribution in [0.4, 0.5) is 0 Å². The van der Waals surface area contributed by atoms with Crippen molar-refractivity contribution in [1.82, 2.24) is 20.3 Å². The first-order valence-electron chi connectivity index (χ1n) is 4.91. The highest BCUT2D eigenvalue weighted by molar-refractivity contribution is 9.09. The van der Waals surface area contributed by atoms with Crippen LogP contribution in [-0.4, -0.2) is 31.6 Å². The van der Waals surface area contributed by atoms with Gasteiger partial charge in [-0.05, 0) is 11.6 Å². The quantitative estimate of drug-likeness (QED) is 0.618. The smallest absolute Gasteiger partial charge is 0.252 e. The van der Waals surface area contributed by atoms with Crippen molar-refractivity contribution in [3.05, 3.63) is 5.82 Å². The average molecular weight is 276 g/mol. The van der Waals surface area contributed by atoms with Gasteiger partial charge >= 0.3 is 0 Å². The Morgan fingerprint density at radius 1 is 1.53 bits per heavy atom. The molecule has 0 spiro atoms. The Labute approximate surface area is 96.5 Å². The summed E-state index contributed by atoms with van der Waals surface area (Å²) in [5, 5.41) is 11.8. The highest BCUT2D eigenvalue weighted by Crippen LogP contribution is 1.99. The number of aryl methyl sites for hydroxylation is 1. The van der Waals surface area contributed by atoms with Crippen LogP contribution in [0.15, 0.2) is 0 Å². The third-order valence-electron chi connectivity index (χ3n) is 1.81. The molecule has 1 aromatic heterocycles. The van der Waals surface area contributed by atoms with Crippen molar-refractivity contribution in [2.45, 2.75) is 32.6 Å². The van der Waals surface area contributed by atoms with E-state index in [4.69, 9.17) is 0 Å². The summed E-state index contributed by atoms with van der Waals surface area (Å²) in [4.78, 5) is 12.1. The lowest BCUT2D eigenvalue weighted by molar-refractivity contribution is -0.114. The van der Waals surface area contributed by atoms with E-state index in [1.807, 2.05) is 0 Å². The summed E-state index contributed by atoms with van der Waals surface area (Å²) in [6.07, 6.45) is 4.17. The molecular weight excluding hydrogens is 262 g/mol. The van der Waals surface area contributed by atoms with Gasteiger partial charge in [0.2, 0.25) is 0 Å². The molecule has 1 N–H and O–H groups in total. The Balaban J connectivity index is 2.38. The Kier molecular flexibility index (Phi) is 5.23. The second-order valence-electron chi connectivity index (χ2n) is 3.12. The molecule has 1 rings (SSSR count). The number of tetrazole rings is 1. The molecule has 0 saturated heterocycles. The lowest BCUT2D eigenvalue weighted by Gasteiger charge is -1.97. The van der Waals surface area contributed by atoms with Gasteiger partial charge in [-0.15, -0.1) is 10.2 Å². The standard InChI is InChI=1S/C8H14BrN5O/c1-2-3-4-5-7-10-13-14(11-7)12-8(15)6-9/h2-6H2,1H3,(H,12,15). The monoisotopic (exact) mass is 275 g/mol. The molecule has 0 aromatic carbocycles. The van der Waals surface area contributed by atoms with Crippen molar-refractivity contribution in [1.29, 1.82) is 0 Å². The number of nitrogens with one attached hydrogen (secondary N) is 1. The van der Waals surface area contributed by atoms with Crippen molar-refractivity contribution in [3.63, 3.8) is 0 Å². The van der Waals surface area contributed by atoms with Gasteiger partial charge in [0.15, 0.2) is 5.82 Å². The van der Waals surface area contributed by atoms with E-state index in [9.17, 15) is 4.79 Å². The Morgan fingerprint density at radius 2 is 2.33 bits per heavy atom. The number of carbonyl (C=O) groups excluding carboxylic acids is 1. The lowest BCUT2D eigenvalue weighted by Crippen LogP contribution is -2.26. The van der Waals surface area contributed by atoms with Crippen molar-refractivity contribution in [2.75, 3.05) is 10.8 Å². The summed E-state index contributed by atoms with van der Waals surface area (Å²) >= 11 is 3.03. The van der Waals surface area contributed by atoms with Gasteiger partial charge in [-0.1, -0.05) is 40.6 Å². The zero-order valence-electron chi connectivity index (χ0n) is 8.61. The minimum absolute atomic E-state index is 0.201. The zero-order chi connectivity index (χ0) is 11.1. The Morgan fingerprint density at radius 3 is 3.00 bits per heavy atom. The van der Waals surface area contributed by atoms with Gasteiger partial charge in [-0.3, -0.25) is 4.79 Å². The molecule has 1 heterocycles. The highest BCUT2D eigenvalue weighted by Gasteiger charge is 2.04. The first-order valence-corrected chi connectivity index (χ1v) is 6.03. The average Bonchev–Trinajstić information content (AvgIpc) is 2.66. The third-order valence-corrected chi connectivity index (χ3v) is 2.31. The van der Waals surface area contributed by atoms with Crippen LogP contribution in [0.3, 0.4) is 0 Å². The maximum absolute atomic E-state index is 11.0. The molecule has 0 radical (unpaired) electrons. The molecule has 0 unspecified atom stereocenters. The van der Waals surface area contributed by atoms with Crippen LogP contribution >= 0.6 is 15.9 Å². The molecule has 6 nitrogen and oxygen atoms in total. The molecule has 7 heteroatoms. The number of nitrogens with zero attached hydrogens (tertiary/aromatic N) is 4.